The van der Waals surface area contributed by atoms with Gasteiger partial charge in [0.1, 0.15) is 11.4 Å². The topological polar surface area (TPSA) is 142 Å². The molecule has 0 bridgehead atoms. The van der Waals surface area contributed by atoms with Crippen LogP contribution in [0.15, 0.2) is 39.9 Å². The van der Waals surface area contributed by atoms with Crippen LogP contribution in [0, 0.1) is 0 Å². The number of aromatic nitrogens is 2. The zero-order valence-electron chi connectivity index (χ0n) is 16.3. The molecule has 154 valence electrons. The second-order valence-electron chi connectivity index (χ2n) is 6.42. The van der Waals surface area contributed by atoms with Gasteiger partial charge in [-0.3, -0.25) is 28.3 Å². The van der Waals surface area contributed by atoms with E-state index in [2.05, 4.69) is 5.32 Å². The van der Waals surface area contributed by atoms with Gasteiger partial charge in [-0.15, -0.1) is 0 Å². The summed E-state index contributed by atoms with van der Waals surface area (Å²) in [6, 6.07) is 8.17. The number of anilines is 1. The molecule has 0 spiro atoms. The van der Waals surface area contributed by atoms with E-state index in [1.165, 1.54) is 21.0 Å². The van der Waals surface area contributed by atoms with Gasteiger partial charge in [0.05, 0.1) is 12.5 Å². The maximum Gasteiger partial charge on any atom is 0.332 e. The molecule has 2 rings (SSSR count). The quantitative estimate of drug-likeness (QED) is 0.476. The summed E-state index contributed by atoms with van der Waals surface area (Å²) < 4.78 is 6.68. The number of ether oxygens (including phenoxy) is 1. The number of amides is 1. The second-order valence-corrected chi connectivity index (χ2v) is 6.42. The Morgan fingerprint density at radius 2 is 1.72 bits per heavy atom. The summed E-state index contributed by atoms with van der Waals surface area (Å²) in [6.07, 6.45) is -0.211. The van der Waals surface area contributed by atoms with E-state index in [-0.39, 0.29) is 18.1 Å². The molecule has 0 fully saturated rings. The lowest BCUT2D eigenvalue weighted by Gasteiger charge is -2.17. The normalized spacial score (nSPS) is 11.6. The molecular formula is C19H22N4O6. The predicted molar refractivity (Wildman–Crippen MR) is 104 cm³/mol. The Bertz CT molecular complexity index is 1050. The van der Waals surface area contributed by atoms with Gasteiger partial charge < -0.3 is 15.8 Å². The molecular weight excluding hydrogens is 380 g/mol. The zero-order valence-corrected chi connectivity index (χ0v) is 16.3. The molecule has 0 aliphatic heterocycles. The third-order valence-electron chi connectivity index (χ3n) is 4.30. The first-order chi connectivity index (χ1) is 13.6. The van der Waals surface area contributed by atoms with Crippen LogP contribution < -0.4 is 22.3 Å². The van der Waals surface area contributed by atoms with E-state index in [1.54, 1.807) is 30.3 Å². The summed E-state index contributed by atoms with van der Waals surface area (Å²) in [5.41, 5.74) is 4.44. The van der Waals surface area contributed by atoms with Crippen molar-refractivity contribution in [3.63, 3.8) is 0 Å². The van der Waals surface area contributed by atoms with Gasteiger partial charge in [0, 0.05) is 21.0 Å². The van der Waals surface area contributed by atoms with Crippen LogP contribution in [0.25, 0.3) is 0 Å². The highest BCUT2D eigenvalue weighted by Crippen LogP contribution is 2.17. The Kier molecular flexibility index (Phi) is 6.71. The molecule has 1 amide bonds. The number of benzene rings is 1. The number of hydrogen-bond donors (Lipinski definition) is 2. The number of esters is 1. The van der Waals surface area contributed by atoms with Gasteiger partial charge in [0.25, 0.3) is 5.56 Å². The number of hydrogen-bond acceptors (Lipinski definition) is 7. The molecule has 0 aliphatic rings. The van der Waals surface area contributed by atoms with Crippen LogP contribution in [0.2, 0.25) is 0 Å². The number of Topliss-reactive ketones (excluding diaryl/α,β-unsaturated/α-hetero) is 1. The number of carbonyl (C=O) groups excluding carboxylic acids is 3. The van der Waals surface area contributed by atoms with Crippen LogP contribution in [-0.4, -0.2) is 33.4 Å². The van der Waals surface area contributed by atoms with Crippen LogP contribution in [0.1, 0.15) is 35.3 Å². The van der Waals surface area contributed by atoms with Crippen molar-refractivity contribution >= 4 is 23.5 Å². The van der Waals surface area contributed by atoms with Crippen LogP contribution in [-0.2, 0) is 28.4 Å². The molecule has 1 aromatic heterocycles. The number of carbonyl (C=O) groups is 3. The van der Waals surface area contributed by atoms with Gasteiger partial charge in [0.15, 0.2) is 6.61 Å². The Balaban J connectivity index is 2.12. The number of nitrogens with one attached hydrogen (secondary N) is 1. The number of nitrogens with zero attached hydrogens (tertiary/aromatic N) is 2. The Morgan fingerprint density at radius 1 is 1.10 bits per heavy atom. The molecule has 1 atom stereocenters. The summed E-state index contributed by atoms with van der Waals surface area (Å²) in [5.74, 6) is -2.22. The maximum atomic E-state index is 12.4. The van der Waals surface area contributed by atoms with Crippen LogP contribution in [0.4, 0.5) is 5.82 Å². The average Bonchev–Trinajstić information content (AvgIpc) is 2.69. The van der Waals surface area contributed by atoms with E-state index in [0.29, 0.717) is 5.56 Å². The van der Waals surface area contributed by atoms with Crippen LogP contribution in [0.5, 0.6) is 0 Å². The second kappa shape index (κ2) is 9.00. The SMILES string of the molecule is CC(=O)N[C@H](CC(=O)OCC(=O)c1c(N)n(C)c(=O)n(C)c1=O)c1ccccc1. The number of nitrogens with two attached hydrogens (primary N) is 1. The summed E-state index contributed by atoms with van der Waals surface area (Å²) in [4.78, 5) is 60.0. The van der Waals surface area contributed by atoms with Crippen molar-refractivity contribution < 1.29 is 19.1 Å². The Labute approximate surface area is 165 Å². The van der Waals surface area contributed by atoms with Crippen molar-refractivity contribution in [2.45, 2.75) is 19.4 Å². The molecule has 0 aliphatic carbocycles. The van der Waals surface area contributed by atoms with Crippen molar-refractivity contribution in [3.8, 4) is 0 Å². The van der Waals surface area contributed by atoms with Crippen molar-refractivity contribution in [3.05, 3.63) is 62.3 Å². The summed E-state index contributed by atoms with van der Waals surface area (Å²) in [6.45, 7) is 0.598. The smallest absolute Gasteiger partial charge is 0.332 e. The van der Waals surface area contributed by atoms with Crippen molar-refractivity contribution in [2.24, 2.45) is 14.1 Å². The van der Waals surface area contributed by atoms with E-state index in [9.17, 15) is 24.0 Å². The van der Waals surface area contributed by atoms with Gasteiger partial charge in [0.2, 0.25) is 11.7 Å². The lowest BCUT2D eigenvalue weighted by molar-refractivity contribution is -0.143. The van der Waals surface area contributed by atoms with E-state index in [4.69, 9.17) is 10.5 Å². The van der Waals surface area contributed by atoms with Gasteiger partial charge in [-0.1, -0.05) is 30.3 Å². The Morgan fingerprint density at radius 3 is 2.31 bits per heavy atom. The van der Waals surface area contributed by atoms with Crippen molar-refractivity contribution in [1.82, 2.24) is 14.5 Å². The molecule has 0 saturated heterocycles. The molecule has 2 aromatic rings. The van der Waals surface area contributed by atoms with E-state index in [1.807, 2.05) is 0 Å². The standard InChI is InChI=1S/C19H22N4O6/c1-11(24)21-13(12-7-5-4-6-8-12)9-15(26)29-10-14(25)16-17(20)22(2)19(28)23(3)18(16)27/h4-8,13H,9-10,20H2,1-3H3,(H,21,24)/t13-/m1/s1. The van der Waals surface area contributed by atoms with Gasteiger partial charge in [-0.05, 0) is 5.56 Å². The summed E-state index contributed by atoms with van der Waals surface area (Å²) >= 11 is 0. The monoisotopic (exact) mass is 402 g/mol. The fraction of sp³-hybridized carbons (Fsp3) is 0.316. The van der Waals surface area contributed by atoms with E-state index >= 15 is 0 Å². The average molecular weight is 402 g/mol. The van der Waals surface area contributed by atoms with E-state index < -0.39 is 41.2 Å². The fourth-order valence-corrected chi connectivity index (χ4v) is 2.75. The predicted octanol–water partition coefficient (Wildman–Crippen LogP) is -0.340. The fourth-order valence-electron chi connectivity index (χ4n) is 2.75. The van der Waals surface area contributed by atoms with Gasteiger partial charge in [-0.2, -0.15) is 0 Å². The minimum Gasteiger partial charge on any atom is -0.457 e. The number of ketones is 1. The highest BCUT2D eigenvalue weighted by Gasteiger charge is 2.23. The lowest BCUT2D eigenvalue weighted by Crippen LogP contribution is -2.42. The van der Waals surface area contributed by atoms with Gasteiger partial charge >= 0.3 is 11.7 Å². The molecule has 29 heavy (non-hydrogen) atoms. The highest BCUT2D eigenvalue weighted by molar-refractivity contribution is 6.01. The molecule has 0 unspecified atom stereocenters. The first kappa shape index (κ1) is 21.6. The minimum atomic E-state index is -0.868. The van der Waals surface area contributed by atoms with E-state index in [0.717, 1.165) is 9.13 Å². The first-order valence-electron chi connectivity index (χ1n) is 8.69. The van der Waals surface area contributed by atoms with Crippen molar-refractivity contribution in [2.75, 3.05) is 12.3 Å². The first-order valence-corrected chi connectivity index (χ1v) is 8.69. The maximum absolute atomic E-state index is 12.4. The zero-order chi connectivity index (χ0) is 21.7. The molecule has 1 heterocycles. The van der Waals surface area contributed by atoms with Crippen molar-refractivity contribution in [1.29, 1.82) is 0 Å². The molecule has 10 nitrogen and oxygen atoms in total. The lowest BCUT2D eigenvalue weighted by atomic mass is 10.0. The van der Waals surface area contributed by atoms with Crippen LogP contribution in [0.3, 0.4) is 0 Å². The third-order valence-corrected chi connectivity index (χ3v) is 4.30. The van der Waals surface area contributed by atoms with Crippen LogP contribution >= 0.6 is 0 Å². The summed E-state index contributed by atoms with van der Waals surface area (Å²) in [7, 11) is 2.53. The summed E-state index contributed by atoms with van der Waals surface area (Å²) in [5, 5.41) is 2.65. The highest BCUT2D eigenvalue weighted by atomic mass is 16.5. The number of rotatable bonds is 7. The molecule has 10 heteroatoms. The minimum absolute atomic E-state index is 0.211. The largest absolute Gasteiger partial charge is 0.457 e. The number of nitrogen functional groups attached to an aromatic ring is 1. The molecule has 0 radical (unpaired) electrons. The molecule has 3 N–H and O–H groups in total. The Hall–Kier alpha value is -3.69. The molecule has 1 aromatic carbocycles. The third kappa shape index (κ3) is 4.98. The van der Waals surface area contributed by atoms with Gasteiger partial charge in [-0.25, -0.2) is 4.79 Å². The molecule has 0 saturated carbocycles.